The molecular formula is C24H30ClN3O4S. The molecule has 1 saturated heterocycles. The highest BCUT2D eigenvalue weighted by Gasteiger charge is 2.29. The Morgan fingerprint density at radius 2 is 1.79 bits per heavy atom. The maximum Gasteiger partial charge on any atom is 0.254 e. The summed E-state index contributed by atoms with van der Waals surface area (Å²) in [6.45, 7) is 5.46. The molecule has 9 heteroatoms. The summed E-state index contributed by atoms with van der Waals surface area (Å²) in [7, 11) is -3.58. The molecule has 3 rings (SSSR count). The summed E-state index contributed by atoms with van der Waals surface area (Å²) < 4.78 is 27.4. The minimum absolute atomic E-state index is 0.0887. The van der Waals surface area contributed by atoms with Gasteiger partial charge in [0.25, 0.3) is 5.91 Å². The second kappa shape index (κ2) is 11.1. The normalized spacial score (nSPS) is 16.9. The first-order valence-electron chi connectivity index (χ1n) is 11.1. The number of amides is 2. The molecule has 0 unspecified atom stereocenters. The van der Waals surface area contributed by atoms with Crippen molar-refractivity contribution >= 4 is 33.4 Å². The first-order chi connectivity index (χ1) is 15.7. The predicted molar refractivity (Wildman–Crippen MR) is 128 cm³/mol. The summed E-state index contributed by atoms with van der Waals surface area (Å²) in [6.07, 6.45) is 1.88. The van der Waals surface area contributed by atoms with Gasteiger partial charge in [-0.1, -0.05) is 30.7 Å². The molecule has 0 aliphatic carbocycles. The van der Waals surface area contributed by atoms with Crippen LogP contribution in [0, 0.1) is 5.92 Å². The Balaban J connectivity index is 1.61. The standard InChI is InChI=1S/C24H30ClN3O4S/c1-3-27(17-23(29)26-15-19-6-10-21(25)11-7-19)24(30)20-8-12-22(13-9-20)33(31,32)28-14-4-5-18(2)16-28/h6-13,18H,3-5,14-17H2,1-2H3,(H,26,29)/t18-/m1/s1. The van der Waals surface area contributed by atoms with Gasteiger partial charge in [0.1, 0.15) is 0 Å². The van der Waals surface area contributed by atoms with E-state index in [9.17, 15) is 18.0 Å². The Labute approximate surface area is 200 Å². The highest BCUT2D eigenvalue weighted by atomic mass is 35.5. The molecular weight excluding hydrogens is 462 g/mol. The Kier molecular flexibility index (Phi) is 8.51. The third kappa shape index (κ3) is 6.56. The summed E-state index contributed by atoms with van der Waals surface area (Å²) in [6, 6.07) is 13.1. The summed E-state index contributed by atoms with van der Waals surface area (Å²) >= 11 is 5.87. The number of carbonyl (C=O) groups is 2. The Morgan fingerprint density at radius 1 is 1.12 bits per heavy atom. The van der Waals surface area contributed by atoms with Crippen molar-refractivity contribution in [1.29, 1.82) is 0 Å². The smallest absolute Gasteiger partial charge is 0.254 e. The molecule has 0 radical (unpaired) electrons. The minimum Gasteiger partial charge on any atom is -0.350 e. The van der Waals surface area contributed by atoms with Gasteiger partial charge in [0, 0.05) is 36.8 Å². The highest BCUT2D eigenvalue weighted by Crippen LogP contribution is 2.24. The number of nitrogens with zero attached hydrogens (tertiary/aromatic N) is 2. The lowest BCUT2D eigenvalue weighted by molar-refractivity contribution is -0.121. The average Bonchev–Trinajstić information content (AvgIpc) is 2.82. The Bertz CT molecular complexity index is 1070. The summed E-state index contributed by atoms with van der Waals surface area (Å²) in [5.41, 5.74) is 1.25. The van der Waals surface area contributed by atoms with E-state index in [2.05, 4.69) is 5.32 Å². The van der Waals surface area contributed by atoms with Crippen molar-refractivity contribution in [3.8, 4) is 0 Å². The van der Waals surface area contributed by atoms with Crippen molar-refractivity contribution in [2.24, 2.45) is 5.92 Å². The molecule has 0 saturated carbocycles. The number of nitrogens with one attached hydrogen (secondary N) is 1. The summed E-state index contributed by atoms with van der Waals surface area (Å²) in [4.78, 5) is 26.9. The van der Waals surface area contributed by atoms with Crippen LogP contribution in [0.5, 0.6) is 0 Å². The van der Waals surface area contributed by atoms with E-state index in [0.29, 0.717) is 42.7 Å². The molecule has 2 aromatic carbocycles. The molecule has 1 N–H and O–H groups in total. The molecule has 1 aliphatic heterocycles. The fraction of sp³-hybridized carbons (Fsp3) is 0.417. The van der Waals surface area contributed by atoms with Crippen molar-refractivity contribution in [1.82, 2.24) is 14.5 Å². The lowest BCUT2D eigenvalue weighted by Crippen LogP contribution is -2.40. The van der Waals surface area contributed by atoms with Gasteiger partial charge in [-0.2, -0.15) is 4.31 Å². The average molecular weight is 492 g/mol. The van der Waals surface area contributed by atoms with Gasteiger partial charge in [0.05, 0.1) is 11.4 Å². The third-order valence-corrected chi connectivity index (χ3v) is 7.90. The molecule has 1 heterocycles. The molecule has 33 heavy (non-hydrogen) atoms. The monoisotopic (exact) mass is 491 g/mol. The Hall–Kier alpha value is -2.42. The number of likely N-dealkylation sites (N-methyl/N-ethyl adjacent to an activating group) is 1. The number of benzene rings is 2. The molecule has 1 aliphatic rings. The number of halogens is 1. The number of sulfonamides is 1. The molecule has 2 amide bonds. The van der Waals surface area contributed by atoms with Crippen LogP contribution in [0.2, 0.25) is 5.02 Å². The maximum absolute atomic E-state index is 12.9. The van der Waals surface area contributed by atoms with E-state index < -0.39 is 10.0 Å². The van der Waals surface area contributed by atoms with E-state index in [4.69, 9.17) is 11.6 Å². The zero-order valence-electron chi connectivity index (χ0n) is 19.0. The second-order valence-electron chi connectivity index (χ2n) is 8.36. The van der Waals surface area contributed by atoms with Crippen molar-refractivity contribution in [2.45, 2.75) is 38.1 Å². The summed E-state index contributed by atoms with van der Waals surface area (Å²) in [5.74, 6) is -0.272. The molecule has 0 spiro atoms. The van der Waals surface area contributed by atoms with Crippen LogP contribution in [-0.4, -0.2) is 55.6 Å². The minimum atomic E-state index is -3.58. The van der Waals surface area contributed by atoms with Crippen LogP contribution in [0.4, 0.5) is 0 Å². The van der Waals surface area contributed by atoms with E-state index in [0.717, 1.165) is 18.4 Å². The fourth-order valence-electron chi connectivity index (χ4n) is 3.83. The third-order valence-electron chi connectivity index (χ3n) is 5.77. The van der Waals surface area contributed by atoms with Gasteiger partial charge in [-0.3, -0.25) is 9.59 Å². The Morgan fingerprint density at radius 3 is 2.39 bits per heavy atom. The van der Waals surface area contributed by atoms with E-state index in [1.165, 1.54) is 33.5 Å². The van der Waals surface area contributed by atoms with Crippen molar-refractivity contribution in [2.75, 3.05) is 26.2 Å². The quantitative estimate of drug-likeness (QED) is 0.612. The van der Waals surface area contributed by atoms with Crippen molar-refractivity contribution < 1.29 is 18.0 Å². The number of carbonyl (C=O) groups excluding carboxylic acids is 2. The molecule has 178 valence electrons. The zero-order chi connectivity index (χ0) is 24.0. The topological polar surface area (TPSA) is 86.8 Å². The molecule has 0 bridgehead atoms. The molecule has 2 aromatic rings. The van der Waals surface area contributed by atoms with Crippen molar-refractivity contribution in [3.05, 3.63) is 64.7 Å². The highest BCUT2D eigenvalue weighted by molar-refractivity contribution is 7.89. The van der Waals surface area contributed by atoms with E-state index in [1.54, 1.807) is 19.1 Å². The molecule has 1 fully saturated rings. The summed E-state index contributed by atoms with van der Waals surface area (Å²) in [5, 5.41) is 3.42. The van der Waals surface area contributed by atoms with E-state index >= 15 is 0 Å². The fourth-order valence-corrected chi connectivity index (χ4v) is 5.55. The molecule has 1 atom stereocenters. The van der Waals surface area contributed by atoms with Gasteiger partial charge in [-0.15, -0.1) is 0 Å². The largest absolute Gasteiger partial charge is 0.350 e. The lowest BCUT2D eigenvalue weighted by atomic mass is 10.0. The van der Waals surface area contributed by atoms with Crippen LogP contribution in [-0.2, 0) is 21.4 Å². The second-order valence-corrected chi connectivity index (χ2v) is 10.7. The van der Waals surface area contributed by atoms with Gasteiger partial charge in [0.15, 0.2) is 0 Å². The van der Waals surface area contributed by atoms with Gasteiger partial charge < -0.3 is 10.2 Å². The number of hydrogen-bond acceptors (Lipinski definition) is 4. The number of rotatable bonds is 8. The molecule has 7 nitrogen and oxygen atoms in total. The number of piperidine rings is 1. The van der Waals surface area contributed by atoms with Crippen LogP contribution in [0.15, 0.2) is 53.4 Å². The van der Waals surface area contributed by atoms with E-state index in [-0.39, 0.29) is 23.3 Å². The van der Waals surface area contributed by atoms with Crippen LogP contribution in [0.1, 0.15) is 42.6 Å². The SMILES string of the molecule is CCN(CC(=O)NCc1ccc(Cl)cc1)C(=O)c1ccc(S(=O)(=O)N2CCC[C@@H](C)C2)cc1. The van der Waals surface area contributed by atoms with Crippen LogP contribution >= 0.6 is 11.6 Å². The van der Waals surface area contributed by atoms with Crippen LogP contribution in [0.3, 0.4) is 0 Å². The van der Waals surface area contributed by atoms with Gasteiger partial charge in [-0.25, -0.2) is 8.42 Å². The first-order valence-corrected chi connectivity index (χ1v) is 12.9. The maximum atomic E-state index is 12.9. The van der Waals surface area contributed by atoms with Crippen molar-refractivity contribution in [3.63, 3.8) is 0 Å². The molecule has 0 aromatic heterocycles. The van der Waals surface area contributed by atoms with Gasteiger partial charge >= 0.3 is 0 Å². The lowest BCUT2D eigenvalue weighted by Gasteiger charge is -2.30. The van der Waals surface area contributed by atoms with E-state index in [1.807, 2.05) is 19.1 Å². The number of hydrogen-bond donors (Lipinski definition) is 1. The predicted octanol–water partition coefficient (Wildman–Crippen LogP) is 3.54. The van der Waals surface area contributed by atoms with Crippen LogP contribution < -0.4 is 5.32 Å². The van der Waals surface area contributed by atoms with Gasteiger partial charge in [-0.05, 0) is 67.6 Å². The zero-order valence-corrected chi connectivity index (χ0v) is 20.5. The first kappa shape index (κ1) is 25.2. The van der Waals surface area contributed by atoms with Crippen LogP contribution in [0.25, 0.3) is 0 Å². The van der Waals surface area contributed by atoms with Gasteiger partial charge in [0.2, 0.25) is 15.9 Å².